The summed E-state index contributed by atoms with van der Waals surface area (Å²) in [5, 5.41) is 6.39. The zero-order valence-corrected chi connectivity index (χ0v) is 12.8. The molecule has 0 saturated heterocycles. The highest BCUT2D eigenvalue weighted by molar-refractivity contribution is 9.10. The van der Waals surface area contributed by atoms with Crippen LogP contribution < -0.4 is 10.6 Å². The Kier molecular flexibility index (Phi) is 4.42. The molecule has 2 rings (SSSR count). The monoisotopic (exact) mass is 324 g/mol. The Hall–Kier alpha value is -1.56. The summed E-state index contributed by atoms with van der Waals surface area (Å²) < 4.78 is 6.42. The lowest BCUT2D eigenvalue weighted by Crippen LogP contribution is -2.10. The summed E-state index contributed by atoms with van der Waals surface area (Å²) in [5.41, 5.74) is 0. The highest BCUT2D eigenvalue weighted by Crippen LogP contribution is 2.25. The van der Waals surface area contributed by atoms with Gasteiger partial charge in [0.2, 0.25) is 5.95 Å². The normalized spacial score (nSPS) is 12.2. The molecular weight excluding hydrogens is 308 g/mol. The Morgan fingerprint density at radius 3 is 2.84 bits per heavy atom. The third-order valence-corrected chi connectivity index (χ3v) is 3.20. The first-order valence-corrected chi connectivity index (χ1v) is 6.98. The number of rotatable bonds is 5. The van der Waals surface area contributed by atoms with E-state index in [1.165, 1.54) is 0 Å². The first-order valence-electron chi connectivity index (χ1n) is 6.19. The average Bonchev–Trinajstić information content (AvgIpc) is 2.80. The number of nitrogens with one attached hydrogen (secondary N) is 2. The minimum Gasteiger partial charge on any atom is -0.464 e. The maximum Gasteiger partial charge on any atom is 0.224 e. The van der Waals surface area contributed by atoms with Gasteiger partial charge in [-0.05, 0) is 48.8 Å². The van der Waals surface area contributed by atoms with Crippen molar-refractivity contribution in [3.05, 3.63) is 34.3 Å². The molecular formula is C13H17BrN4O. The summed E-state index contributed by atoms with van der Waals surface area (Å²) in [5.74, 6) is 3.13. The highest BCUT2D eigenvalue weighted by atomic mass is 79.9. The van der Waals surface area contributed by atoms with Crippen LogP contribution in [0.25, 0.3) is 0 Å². The number of furan rings is 1. The van der Waals surface area contributed by atoms with E-state index in [1.807, 2.05) is 32.9 Å². The maximum absolute atomic E-state index is 5.60. The van der Waals surface area contributed by atoms with Gasteiger partial charge in [-0.3, -0.25) is 0 Å². The predicted molar refractivity (Wildman–Crippen MR) is 79.4 cm³/mol. The van der Waals surface area contributed by atoms with E-state index in [9.17, 15) is 0 Å². The molecule has 6 heteroatoms. The van der Waals surface area contributed by atoms with Crippen LogP contribution in [-0.2, 0) is 0 Å². The first-order chi connectivity index (χ1) is 9.10. The molecule has 1 unspecified atom stereocenters. The van der Waals surface area contributed by atoms with Crippen molar-refractivity contribution in [3.63, 3.8) is 0 Å². The van der Waals surface area contributed by atoms with Gasteiger partial charge >= 0.3 is 0 Å². The molecule has 0 fully saturated rings. The molecule has 19 heavy (non-hydrogen) atoms. The number of aryl methyl sites for hydroxylation is 1. The van der Waals surface area contributed by atoms with E-state index in [1.54, 1.807) is 6.20 Å². The lowest BCUT2D eigenvalue weighted by Gasteiger charge is -2.14. The second-order valence-electron chi connectivity index (χ2n) is 4.23. The Morgan fingerprint density at radius 1 is 1.42 bits per heavy atom. The van der Waals surface area contributed by atoms with Gasteiger partial charge in [0.05, 0.1) is 10.5 Å². The second kappa shape index (κ2) is 6.06. The fourth-order valence-electron chi connectivity index (χ4n) is 1.67. The fourth-order valence-corrected chi connectivity index (χ4v) is 1.98. The standard InChI is InChI=1S/C13H17BrN4O/c1-4-15-13-16-7-10(14)12(18-13)17-9(3)11-6-5-8(2)19-11/h5-7,9H,4H2,1-3H3,(H2,15,16,17,18). The van der Waals surface area contributed by atoms with Crippen molar-refractivity contribution in [2.75, 3.05) is 17.2 Å². The Labute approximate surface area is 121 Å². The van der Waals surface area contributed by atoms with Gasteiger partial charge in [-0.15, -0.1) is 0 Å². The van der Waals surface area contributed by atoms with Crippen molar-refractivity contribution in [1.29, 1.82) is 0 Å². The smallest absolute Gasteiger partial charge is 0.224 e. The average molecular weight is 325 g/mol. The van der Waals surface area contributed by atoms with Gasteiger partial charge in [-0.25, -0.2) is 4.98 Å². The maximum atomic E-state index is 5.60. The largest absolute Gasteiger partial charge is 0.464 e. The molecule has 0 spiro atoms. The molecule has 0 saturated carbocycles. The molecule has 0 aliphatic heterocycles. The number of hydrogen-bond acceptors (Lipinski definition) is 5. The first kappa shape index (κ1) is 13.9. The minimum atomic E-state index is 0.0365. The summed E-state index contributed by atoms with van der Waals surface area (Å²) in [7, 11) is 0. The molecule has 0 bridgehead atoms. The molecule has 0 amide bonds. The van der Waals surface area contributed by atoms with Crippen molar-refractivity contribution in [2.24, 2.45) is 0 Å². The van der Waals surface area contributed by atoms with Gasteiger partial charge in [0.15, 0.2) is 0 Å². The SMILES string of the molecule is CCNc1ncc(Br)c(NC(C)c2ccc(C)o2)n1. The lowest BCUT2D eigenvalue weighted by molar-refractivity contribution is 0.466. The third-order valence-electron chi connectivity index (χ3n) is 2.62. The van der Waals surface area contributed by atoms with Crippen LogP contribution in [0.3, 0.4) is 0 Å². The van der Waals surface area contributed by atoms with Gasteiger partial charge in [0.1, 0.15) is 17.3 Å². The van der Waals surface area contributed by atoms with Crippen molar-refractivity contribution in [1.82, 2.24) is 9.97 Å². The predicted octanol–water partition coefficient (Wildman–Crippen LogP) is 3.75. The Bertz CT molecular complexity index is 555. The zero-order chi connectivity index (χ0) is 13.8. The summed E-state index contributed by atoms with van der Waals surface area (Å²) in [4.78, 5) is 8.59. The lowest BCUT2D eigenvalue weighted by atomic mass is 10.2. The van der Waals surface area contributed by atoms with Gasteiger partial charge in [-0.2, -0.15) is 4.98 Å². The van der Waals surface area contributed by atoms with Crippen LogP contribution in [0.4, 0.5) is 11.8 Å². The van der Waals surface area contributed by atoms with E-state index in [4.69, 9.17) is 4.42 Å². The van der Waals surface area contributed by atoms with Gasteiger partial charge in [0, 0.05) is 12.7 Å². The van der Waals surface area contributed by atoms with Crippen molar-refractivity contribution < 1.29 is 4.42 Å². The van der Waals surface area contributed by atoms with E-state index < -0.39 is 0 Å². The fraction of sp³-hybridized carbons (Fsp3) is 0.385. The summed E-state index contributed by atoms with van der Waals surface area (Å²) in [6.45, 7) is 6.75. The van der Waals surface area contributed by atoms with Crippen LogP contribution in [0.2, 0.25) is 0 Å². The van der Waals surface area contributed by atoms with Gasteiger partial charge in [-0.1, -0.05) is 0 Å². The van der Waals surface area contributed by atoms with E-state index >= 15 is 0 Å². The second-order valence-corrected chi connectivity index (χ2v) is 5.09. The number of aromatic nitrogens is 2. The van der Waals surface area contributed by atoms with Crippen LogP contribution in [0.1, 0.15) is 31.4 Å². The van der Waals surface area contributed by atoms with E-state index in [-0.39, 0.29) is 6.04 Å². The topological polar surface area (TPSA) is 63.0 Å². The quantitative estimate of drug-likeness (QED) is 0.877. The molecule has 1 atom stereocenters. The van der Waals surface area contributed by atoms with Gasteiger partial charge < -0.3 is 15.1 Å². The van der Waals surface area contributed by atoms with Crippen molar-refractivity contribution >= 4 is 27.7 Å². The molecule has 0 radical (unpaired) electrons. The van der Waals surface area contributed by atoms with Gasteiger partial charge in [0.25, 0.3) is 0 Å². The molecule has 2 aromatic rings. The van der Waals surface area contributed by atoms with Crippen LogP contribution >= 0.6 is 15.9 Å². The number of nitrogens with zero attached hydrogens (tertiary/aromatic N) is 2. The summed E-state index contributed by atoms with van der Waals surface area (Å²) >= 11 is 3.44. The molecule has 2 heterocycles. The third kappa shape index (κ3) is 3.47. The molecule has 5 nitrogen and oxygen atoms in total. The Balaban J connectivity index is 2.15. The molecule has 0 aliphatic carbocycles. The summed E-state index contributed by atoms with van der Waals surface area (Å²) in [6, 6.07) is 3.95. The molecule has 0 aromatic carbocycles. The van der Waals surface area contributed by atoms with Crippen LogP contribution in [0.15, 0.2) is 27.2 Å². The Morgan fingerprint density at radius 2 is 2.21 bits per heavy atom. The number of hydrogen-bond donors (Lipinski definition) is 2. The van der Waals surface area contributed by atoms with Crippen molar-refractivity contribution in [3.8, 4) is 0 Å². The molecule has 0 aliphatic rings. The molecule has 102 valence electrons. The molecule has 2 N–H and O–H groups in total. The number of halogens is 1. The highest BCUT2D eigenvalue weighted by Gasteiger charge is 2.12. The van der Waals surface area contributed by atoms with Crippen molar-refractivity contribution in [2.45, 2.75) is 26.8 Å². The van der Waals surface area contributed by atoms with Crippen LogP contribution in [0.5, 0.6) is 0 Å². The molecule has 2 aromatic heterocycles. The van der Waals surface area contributed by atoms with E-state index in [0.717, 1.165) is 28.4 Å². The number of anilines is 2. The van der Waals surface area contributed by atoms with Crippen LogP contribution in [0, 0.1) is 6.92 Å². The van der Waals surface area contributed by atoms with E-state index in [2.05, 4.69) is 36.5 Å². The summed E-state index contributed by atoms with van der Waals surface area (Å²) in [6.07, 6.45) is 1.73. The van der Waals surface area contributed by atoms with Crippen LogP contribution in [-0.4, -0.2) is 16.5 Å². The van der Waals surface area contributed by atoms with E-state index in [0.29, 0.717) is 5.95 Å². The zero-order valence-electron chi connectivity index (χ0n) is 11.2. The minimum absolute atomic E-state index is 0.0365.